The van der Waals surface area contributed by atoms with Crippen molar-refractivity contribution in [1.82, 2.24) is 19.5 Å². The molecule has 2 aromatic carbocycles. The summed E-state index contributed by atoms with van der Waals surface area (Å²) in [5, 5.41) is 2.96. The summed E-state index contributed by atoms with van der Waals surface area (Å²) in [7, 11) is 0. The van der Waals surface area contributed by atoms with E-state index in [0.29, 0.717) is 11.5 Å². The van der Waals surface area contributed by atoms with Gasteiger partial charge in [0.05, 0.1) is 11.0 Å². The number of alkyl halides is 2. The fourth-order valence-electron chi connectivity index (χ4n) is 3.21. The Hall–Kier alpha value is -3.95. The molecule has 1 aliphatic heterocycles. The first-order valence-corrected chi connectivity index (χ1v) is 8.64. The summed E-state index contributed by atoms with van der Waals surface area (Å²) < 4.78 is 37.1. The van der Waals surface area contributed by atoms with Crippen molar-refractivity contribution in [3.05, 3.63) is 54.4 Å². The van der Waals surface area contributed by atoms with Gasteiger partial charge >= 0.3 is 6.29 Å². The Morgan fingerprint density at radius 1 is 1.00 bits per heavy atom. The van der Waals surface area contributed by atoms with E-state index in [0.717, 1.165) is 16.9 Å². The molecular weight excluding hydrogens is 382 g/mol. The van der Waals surface area contributed by atoms with Crippen LogP contribution in [0.25, 0.3) is 16.9 Å². The minimum Gasteiger partial charge on any atom is -0.395 e. The van der Waals surface area contributed by atoms with Crippen molar-refractivity contribution in [2.75, 3.05) is 11.1 Å². The number of hydrogen-bond acceptors (Lipinski definition) is 7. The number of rotatable bonds is 3. The number of aromatic nitrogens is 4. The van der Waals surface area contributed by atoms with E-state index in [1.165, 1.54) is 12.1 Å². The van der Waals surface area contributed by atoms with Crippen molar-refractivity contribution in [1.29, 1.82) is 0 Å². The Labute approximate surface area is 162 Å². The van der Waals surface area contributed by atoms with Crippen LogP contribution in [-0.4, -0.2) is 25.8 Å². The zero-order valence-electron chi connectivity index (χ0n) is 15.1. The van der Waals surface area contributed by atoms with Crippen LogP contribution in [0.1, 0.15) is 5.82 Å². The Morgan fingerprint density at radius 2 is 1.79 bits per heavy atom. The van der Waals surface area contributed by atoms with Crippen LogP contribution in [0, 0.1) is 6.92 Å². The van der Waals surface area contributed by atoms with Crippen LogP contribution in [0.15, 0.2) is 48.5 Å². The average molecular weight is 396 g/mol. The Bertz CT molecular complexity index is 1260. The average Bonchev–Trinajstić information content (AvgIpc) is 3.14. The highest BCUT2D eigenvalue weighted by Gasteiger charge is 2.43. The fourth-order valence-corrected chi connectivity index (χ4v) is 3.21. The van der Waals surface area contributed by atoms with Gasteiger partial charge in [-0.05, 0) is 31.2 Å². The minimum absolute atomic E-state index is 0.0461. The second kappa shape index (κ2) is 6.03. The maximum Gasteiger partial charge on any atom is 0.586 e. The lowest BCUT2D eigenvalue weighted by atomic mass is 10.3. The van der Waals surface area contributed by atoms with E-state index in [2.05, 4.69) is 29.7 Å². The number of fused-ring (bicyclic) bond motifs is 2. The van der Waals surface area contributed by atoms with E-state index in [9.17, 15) is 8.78 Å². The van der Waals surface area contributed by atoms with E-state index in [1.54, 1.807) is 12.1 Å². The van der Waals surface area contributed by atoms with E-state index in [4.69, 9.17) is 5.73 Å². The second-order valence-electron chi connectivity index (χ2n) is 6.41. The molecule has 10 heteroatoms. The summed E-state index contributed by atoms with van der Waals surface area (Å²) in [6, 6.07) is 13.6. The van der Waals surface area contributed by atoms with Gasteiger partial charge in [-0.3, -0.25) is 4.57 Å². The number of hydrogen-bond donors (Lipinski definition) is 2. The molecule has 3 N–H and O–H groups in total. The van der Waals surface area contributed by atoms with Gasteiger partial charge in [-0.15, -0.1) is 8.78 Å². The first-order valence-electron chi connectivity index (χ1n) is 8.64. The quantitative estimate of drug-likeness (QED) is 0.544. The number of imidazole rings is 1. The normalized spacial score (nSPS) is 14.3. The molecule has 0 saturated heterocycles. The van der Waals surface area contributed by atoms with Crippen LogP contribution in [-0.2, 0) is 0 Å². The van der Waals surface area contributed by atoms with Gasteiger partial charge in [-0.25, -0.2) is 4.98 Å². The number of aryl methyl sites for hydroxylation is 1. The number of nitrogens with zero attached hydrogens (tertiary/aromatic N) is 4. The molecule has 2 aromatic heterocycles. The van der Waals surface area contributed by atoms with E-state index in [-0.39, 0.29) is 23.3 Å². The third kappa shape index (κ3) is 3.04. The summed E-state index contributed by atoms with van der Waals surface area (Å²) in [5.74, 6) is 1.57. The molecule has 5 rings (SSSR count). The summed E-state index contributed by atoms with van der Waals surface area (Å²) in [5.41, 5.74) is 8.11. The maximum absolute atomic E-state index is 13.2. The van der Waals surface area contributed by atoms with Crippen molar-refractivity contribution < 1.29 is 18.3 Å². The zero-order valence-corrected chi connectivity index (χ0v) is 15.1. The van der Waals surface area contributed by atoms with Crippen LogP contribution < -0.4 is 20.5 Å². The first kappa shape index (κ1) is 17.2. The molecule has 0 bridgehead atoms. The number of nitrogens with two attached hydrogens (primary N) is 1. The van der Waals surface area contributed by atoms with Gasteiger partial charge in [0, 0.05) is 17.8 Å². The number of halogens is 2. The molecule has 4 aromatic rings. The largest absolute Gasteiger partial charge is 0.586 e. The van der Waals surface area contributed by atoms with Crippen molar-refractivity contribution >= 4 is 28.5 Å². The molecule has 146 valence electrons. The summed E-state index contributed by atoms with van der Waals surface area (Å²) in [6.45, 7) is 1.86. The lowest BCUT2D eigenvalue weighted by Crippen LogP contribution is -2.25. The van der Waals surface area contributed by atoms with Gasteiger partial charge in [0.2, 0.25) is 5.95 Å². The second-order valence-corrected chi connectivity index (χ2v) is 6.41. The van der Waals surface area contributed by atoms with E-state index >= 15 is 0 Å². The molecular formula is C19H14F2N6O2. The van der Waals surface area contributed by atoms with Gasteiger partial charge in [0.1, 0.15) is 17.5 Å². The van der Waals surface area contributed by atoms with Crippen molar-refractivity contribution in [2.24, 2.45) is 0 Å². The number of ether oxygens (including phenoxy) is 2. The molecule has 0 spiro atoms. The first-order chi connectivity index (χ1) is 13.9. The molecule has 0 radical (unpaired) electrons. The number of anilines is 3. The monoisotopic (exact) mass is 396 g/mol. The predicted molar refractivity (Wildman–Crippen MR) is 102 cm³/mol. The maximum atomic E-state index is 13.2. The highest BCUT2D eigenvalue weighted by atomic mass is 19.3. The number of nitrogen functional groups attached to an aromatic ring is 1. The highest BCUT2D eigenvalue weighted by Crippen LogP contribution is 2.42. The summed E-state index contributed by atoms with van der Waals surface area (Å²) in [6.07, 6.45) is -3.68. The van der Waals surface area contributed by atoms with E-state index in [1.807, 2.05) is 35.8 Å². The molecule has 29 heavy (non-hydrogen) atoms. The van der Waals surface area contributed by atoms with Gasteiger partial charge in [0.15, 0.2) is 11.5 Å². The predicted octanol–water partition coefficient (Wildman–Crippen LogP) is 3.77. The minimum atomic E-state index is -3.68. The molecule has 8 nitrogen and oxygen atoms in total. The Morgan fingerprint density at radius 3 is 2.66 bits per heavy atom. The van der Waals surface area contributed by atoms with Gasteiger partial charge in [0.25, 0.3) is 0 Å². The van der Waals surface area contributed by atoms with E-state index < -0.39 is 6.29 Å². The van der Waals surface area contributed by atoms with Crippen molar-refractivity contribution in [3.8, 4) is 17.3 Å². The molecule has 3 heterocycles. The SMILES string of the molecule is Cc1nc2ccccc2n1-c1cc(N)nc(Nc2ccc3c(c2)OC(F)(F)O3)n1. The molecule has 0 fully saturated rings. The lowest BCUT2D eigenvalue weighted by Gasteiger charge is -2.10. The fraction of sp³-hybridized carbons (Fsp3) is 0.105. The van der Waals surface area contributed by atoms with Gasteiger partial charge < -0.3 is 20.5 Å². The van der Waals surface area contributed by atoms with Crippen LogP contribution >= 0.6 is 0 Å². The number of nitrogens with one attached hydrogen (secondary N) is 1. The Kier molecular flexibility index (Phi) is 3.57. The summed E-state index contributed by atoms with van der Waals surface area (Å²) in [4.78, 5) is 13.2. The van der Waals surface area contributed by atoms with Crippen LogP contribution in [0.5, 0.6) is 11.5 Å². The van der Waals surface area contributed by atoms with Gasteiger partial charge in [-0.1, -0.05) is 12.1 Å². The standard InChI is InChI=1S/C19H14F2N6O2/c1-10-23-12-4-2-3-5-13(12)27(10)17-9-16(22)25-18(26-17)24-11-6-7-14-15(8-11)29-19(20,21)28-14/h2-9H,1H3,(H3,22,24,25,26). The summed E-state index contributed by atoms with van der Waals surface area (Å²) >= 11 is 0. The van der Waals surface area contributed by atoms with Crippen molar-refractivity contribution in [3.63, 3.8) is 0 Å². The van der Waals surface area contributed by atoms with Crippen LogP contribution in [0.4, 0.5) is 26.2 Å². The topological polar surface area (TPSA) is 100 Å². The molecule has 0 aliphatic carbocycles. The zero-order chi connectivity index (χ0) is 20.2. The molecule has 0 atom stereocenters. The third-order valence-electron chi connectivity index (χ3n) is 4.35. The smallest absolute Gasteiger partial charge is 0.395 e. The molecule has 0 amide bonds. The lowest BCUT2D eigenvalue weighted by molar-refractivity contribution is -0.286. The number of benzene rings is 2. The number of para-hydroxylation sites is 2. The van der Waals surface area contributed by atoms with Crippen LogP contribution in [0.2, 0.25) is 0 Å². The molecule has 1 aliphatic rings. The molecule has 0 saturated carbocycles. The van der Waals surface area contributed by atoms with Gasteiger partial charge in [-0.2, -0.15) is 9.97 Å². The highest BCUT2D eigenvalue weighted by molar-refractivity contribution is 5.78. The van der Waals surface area contributed by atoms with Crippen molar-refractivity contribution in [2.45, 2.75) is 13.2 Å². The third-order valence-corrected chi connectivity index (χ3v) is 4.35. The Balaban J connectivity index is 1.52. The van der Waals surface area contributed by atoms with Crippen LogP contribution in [0.3, 0.4) is 0 Å². The molecule has 0 unspecified atom stereocenters.